The maximum atomic E-state index is 12.3. The minimum Gasteiger partial charge on any atom is -0.381 e. The van der Waals surface area contributed by atoms with E-state index < -0.39 is 10.0 Å². The zero-order chi connectivity index (χ0) is 15.5. The van der Waals surface area contributed by atoms with Gasteiger partial charge in [-0.2, -0.15) is 15.6 Å². The molecule has 1 fully saturated rings. The van der Waals surface area contributed by atoms with Crippen LogP contribution in [0.5, 0.6) is 0 Å². The lowest BCUT2D eigenvalue weighted by Gasteiger charge is -2.37. The lowest BCUT2D eigenvalue weighted by molar-refractivity contribution is 0.129. The predicted molar refractivity (Wildman–Crippen MR) is 86.1 cm³/mol. The molecule has 1 aliphatic rings. The van der Waals surface area contributed by atoms with Crippen molar-refractivity contribution in [2.45, 2.75) is 26.0 Å². The second kappa shape index (κ2) is 7.19. The molecule has 0 bridgehead atoms. The molecular formula is C14H24N2O3S2. The highest BCUT2D eigenvalue weighted by Crippen LogP contribution is 2.24. The quantitative estimate of drug-likeness (QED) is 0.797. The minimum absolute atomic E-state index is 0.0591. The number of methoxy groups -OCH3 is 1. The summed E-state index contributed by atoms with van der Waals surface area (Å²) in [5, 5.41) is 4.24. The van der Waals surface area contributed by atoms with E-state index in [9.17, 15) is 8.42 Å². The Morgan fingerprint density at radius 3 is 2.48 bits per heavy atom. The topological polar surface area (TPSA) is 49.9 Å². The van der Waals surface area contributed by atoms with Crippen molar-refractivity contribution in [2.24, 2.45) is 0 Å². The Balaban J connectivity index is 1.91. The maximum Gasteiger partial charge on any atom is 0.216 e. The monoisotopic (exact) mass is 332 g/mol. The maximum absolute atomic E-state index is 12.3. The van der Waals surface area contributed by atoms with E-state index in [1.165, 1.54) is 5.56 Å². The van der Waals surface area contributed by atoms with E-state index in [0.717, 1.165) is 13.1 Å². The fraction of sp³-hybridized carbons (Fsp3) is 0.714. The van der Waals surface area contributed by atoms with Crippen LogP contribution in [0.3, 0.4) is 0 Å². The zero-order valence-corrected chi connectivity index (χ0v) is 14.5. The van der Waals surface area contributed by atoms with Crippen LogP contribution >= 0.6 is 11.3 Å². The van der Waals surface area contributed by atoms with Crippen molar-refractivity contribution in [2.75, 3.05) is 39.0 Å². The van der Waals surface area contributed by atoms with Crippen molar-refractivity contribution in [3.05, 3.63) is 22.4 Å². The summed E-state index contributed by atoms with van der Waals surface area (Å²) in [6.45, 7) is 6.64. The van der Waals surface area contributed by atoms with Crippen molar-refractivity contribution in [3.63, 3.8) is 0 Å². The zero-order valence-electron chi connectivity index (χ0n) is 12.9. The first-order valence-corrected chi connectivity index (χ1v) is 9.76. The summed E-state index contributed by atoms with van der Waals surface area (Å²) in [5.74, 6) is 0.0591. The van der Waals surface area contributed by atoms with Crippen LogP contribution in [0.4, 0.5) is 0 Å². The minimum atomic E-state index is -3.21. The van der Waals surface area contributed by atoms with Gasteiger partial charge in [0, 0.05) is 39.3 Å². The number of sulfonamides is 1. The molecule has 1 aromatic rings. The van der Waals surface area contributed by atoms with Gasteiger partial charge in [-0.15, -0.1) is 0 Å². The molecule has 21 heavy (non-hydrogen) atoms. The molecule has 0 saturated carbocycles. The van der Waals surface area contributed by atoms with Gasteiger partial charge in [0.25, 0.3) is 0 Å². The SMILES string of the molecule is CO[C@@H](C)CS(=O)(=O)N1CCN([C@@H](C)c2ccsc2)CC1. The Labute approximate surface area is 131 Å². The van der Waals surface area contributed by atoms with Crippen LogP contribution in [0.1, 0.15) is 25.5 Å². The summed E-state index contributed by atoms with van der Waals surface area (Å²) < 4.78 is 31.2. The smallest absolute Gasteiger partial charge is 0.216 e. The first kappa shape index (κ1) is 16.9. The third kappa shape index (κ3) is 4.26. The van der Waals surface area contributed by atoms with E-state index in [1.54, 1.807) is 29.7 Å². The molecule has 2 heterocycles. The molecule has 1 aromatic heterocycles. The summed E-state index contributed by atoms with van der Waals surface area (Å²) in [7, 11) is -1.67. The van der Waals surface area contributed by atoms with E-state index in [-0.39, 0.29) is 11.9 Å². The van der Waals surface area contributed by atoms with Crippen LogP contribution in [0, 0.1) is 0 Å². The van der Waals surface area contributed by atoms with Crippen molar-refractivity contribution in [1.82, 2.24) is 9.21 Å². The number of hydrogen-bond acceptors (Lipinski definition) is 5. The molecule has 1 saturated heterocycles. The van der Waals surface area contributed by atoms with E-state index in [1.807, 2.05) is 0 Å². The highest BCUT2D eigenvalue weighted by atomic mass is 32.2. The Morgan fingerprint density at radius 2 is 1.95 bits per heavy atom. The van der Waals surface area contributed by atoms with Gasteiger partial charge in [0.15, 0.2) is 0 Å². The Morgan fingerprint density at radius 1 is 1.29 bits per heavy atom. The van der Waals surface area contributed by atoms with Gasteiger partial charge in [-0.05, 0) is 36.2 Å². The fourth-order valence-corrected chi connectivity index (χ4v) is 4.97. The van der Waals surface area contributed by atoms with Crippen molar-refractivity contribution < 1.29 is 13.2 Å². The summed E-state index contributed by atoms with van der Waals surface area (Å²) in [6.07, 6.45) is -0.266. The molecule has 1 aliphatic heterocycles. The lowest BCUT2D eigenvalue weighted by atomic mass is 10.1. The second-order valence-electron chi connectivity index (χ2n) is 5.49. The van der Waals surface area contributed by atoms with Gasteiger partial charge >= 0.3 is 0 Å². The molecule has 0 radical (unpaired) electrons. The molecule has 0 unspecified atom stereocenters. The fourth-order valence-electron chi connectivity index (χ4n) is 2.56. The van der Waals surface area contributed by atoms with Crippen LogP contribution in [0.25, 0.3) is 0 Å². The molecule has 2 atom stereocenters. The molecule has 7 heteroatoms. The number of rotatable bonds is 6. The molecule has 0 aromatic carbocycles. The van der Waals surface area contributed by atoms with Crippen molar-refractivity contribution in [3.8, 4) is 0 Å². The molecule has 0 N–H and O–H groups in total. The average molecular weight is 332 g/mol. The van der Waals surface area contributed by atoms with Crippen LogP contribution in [0.2, 0.25) is 0 Å². The molecule has 5 nitrogen and oxygen atoms in total. The largest absolute Gasteiger partial charge is 0.381 e. The van der Waals surface area contributed by atoms with Gasteiger partial charge in [-0.1, -0.05) is 0 Å². The number of ether oxygens (including phenoxy) is 1. The summed E-state index contributed by atoms with van der Waals surface area (Å²) >= 11 is 1.70. The molecule has 0 amide bonds. The van der Waals surface area contributed by atoms with Crippen molar-refractivity contribution >= 4 is 21.4 Å². The Bertz CT molecular complexity index is 522. The number of nitrogens with zero attached hydrogens (tertiary/aromatic N) is 2. The number of piperazine rings is 1. The Kier molecular flexibility index (Phi) is 5.79. The third-order valence-corrected chi connectivity index (χ3v) is 6.83. The molecule has 0 spiro atoms. The van der Waals surface area contributed by atoms with E-state index in [2.05, 4.69) is 28.7 Å². The first-order valence-electron chi connectivity index (χ1n) is 7.21. The first-order chi connectivity index (χ1) is 9.94. The van der Waals surface area contributed by atoms with E-state index >= 15 is 0 Å². The summed E-state index contributed by atoms with van der Waals surface area (Å²) in [5.41, 5.74) is 1.31. The number of hydrogen-bond donors (Lipinski definition) is 0. The van der Waals surface area contributed by atoms with Crippen LogP contribution < -0.4 is 0 Å². The lowest BCUT2D eigenvalue weighted by Crippen LogP contribution is -2.50. The highest BCUT2D eigenvalue weighted by Gasteiger charge is 2.30. The van der Waals surface area contributed by atoms with Crippen molar-refractivity contribution in [1.29, 1.82) is 0 Å². The normalized spacial score (nSPS) is 21.3. The van der Waals surface area contributed by atoms with Gasteiger partial charge in [-0.3, -0.25) is 4.90 Å². The summed E-state index contributed by atoms with van der Waals surface area (Å²) in [4.78, 5) is 2.34. The van der Waals surface area contributed by atoms with Gasteiger partial charge in [0.1, 0.15) is 0 Å². The molecule has 120 valence electrons. The van der Waals surface area contributed by atoms with E-state index in [4.69, 9.17) is 4.74 Å². The summed E-state index contributed by atoms with van der Waals surface area (Å²) in [6, 6.07) is 2.48. The van der Waals surface area contributed by atoms with E-state index in [0.29, 0.717) is 19.1 Å². The molecule has 0 aliphatic carbocycles. The van der Waals surface area contributed by atoms with Crippen LogP contribution in [0.15, 0.2) is 16.8 Å². The van der Waals surface area contributed by atoms with Crippen LogP contribution in [-0.2, 0) is 14.8 Å². The second-order valence-corrected chi connectivity index (χ2v) is 8.29. The van der Waals surface area contributed by atoms with Gasteiger partial charge < -0.3 is 4.74 Å². The Hall–Kier alpha value is -0.470. The predicted octanol–water partition coefficient (Wildman–Crippen LogP) is 1.79. The highest BCUT2D eigenvalue weighted by molar-refractivity contribution is 7.89. The standard InChI is InChI=1S/C14H24N2O3S2/c1-12(19-3)11-21(17,18)16-7-5-15(6-8-16)13(2)14-4-9-20-10-14/h4,9-10,12-13H,5-8,11H2,1-3H3/t12-,13-/m0/s1. The number of thiophene rings is 1. The van der Waals surface area contributed by atoms with Crippen LogP contribution in [-0.4, -0.2) is 62.8 Å². The van der Waals surface area contributed by atoms with Gasteiger partial charge in [0.2, 0.25) is 10.0 Å². The van der Waals surface area contributed by atoms with Gasteiger partial charge in [-0.25, -0.2) is 8.42 Å². The molecule has 2 rings (SSSR count). The molecular weight excluding hydrogens is 308 g/mol. The average Bonchev–Trinajstić information content (AvgIpc) is 3.00. The van der Waals surface area contributed by atoms with Gasteiger partial charge in [0.05, 0.1) is 11.9 Å². The third-order valence-electron chi connectivity index (χ3n) is 4.09.